The molecule has 16 heavy (non-hydrogen) atoms. The summed E-state index contributed by atoms with van der Waals surface area (Å²) in [5.41, 5.74) is 1.26. The Morgan fingerprint density at radius 2 is 2.12 bits per heavy atom. The van der Waals surface area contributed by atoms with Crippen LogP contribution >= 0.6 is 15.9 Å². The highest BCUT2D eigenvalue weighted by Gasteiger charge is 2.24. The number of hydrogen-bond donors (Lipinski definition) is 1. The van der Waals surface area contributed by atoms with Gasteiger partial charge in [-0.3, -0.25) is 4.79 Å². The third kappa shape index (κ3) is 2.62. The first-order chi connectivity index (χ1) is 7.66. The van der Waals surface area contributed by atoms with E-state index < -0.39 is 0 Å². The molecule has 1 aromatic carbocycles. The minimum atomic E-state index is 0.174. The summed E-state index contributed by atoms with van der Waals surface area (Å²) in [5.74, 6) is 0.174. The lowest BCUT2D eigenvalue weighted by Gasteiger charge is -2.33. The zero-order valence-electron chi connectivity index (χ0n) is 9.24. The van der Waals surface area contributed by atoms with Crippen LogP contribution in [0.3, 0.4) is 0 Å². The maximum absolute atomic E-state index is 11.5. The molecular formula is C12H15BrN2O. The van der Waals surface area contributed by atoms with Crippen molar-refractivity contribution in [3.05, 3.63) is 34.3 Å². The van der Waals surface area contributed by atoms with Gasteiger partial charge in [0, 0.05) is 24.1 Å². The Bertz CT molecular complexity index is 377. The molecule has 0 aliphatic carbocycles. The second-order valence-electron chi connectivity index (χ2n) is 4.12. The Hall–Kier alpha value is -0.870. The van der Waals surface area contributed by atoms with E-state index in [4.69, 9.17) is 0 Å². The molecular weight excluding hydrogens is 268 g/mol. The maximum Gasteiger partial charge on any atom is 0.236 e. The zero-order chi connectivity index (χ0) is 11.5. The van der Waals surface area contributed by atoms with Gasteiger partial charge < -0.3 is 10.2 Å². The van der Waals surface area contributed by atoms with E-state index in [1.54, 1.807) is 0 Å². The first kappa shape index (κ1) is 11.6. The molecule has 1 amide bonds. The van der Waals surface area contributed by atoms with E-state index in [0.29, 0.717) is 6.54 Å². The molecule has 1 aliphatic rings. The molecule has 1 saturated heterocycles. The first-order valence-corrected chi connectivity index (χ1v) is 6.17. The minimum absolute atomic E-state index is 0.174. The number of carbonyl (C=O) groups is 1. The summed E-state index contributed by atoms with van der Waals surface area (Å²) in [6.07, 6.45) is 0.905. The van der Waals surface area contributed by atoms with E-state index in [-0.39, 0.29) is 11.9 Å². The van der Waals surface area contributed by atoms with Gasteiger partial charge in [0.05, 0.1) is 6.54 Å². The fourth-order valence-corrected chi connectivity index (χ4v) is 2.18. The van der Waals surface area contributed by atoms with E-state index in [9.17, 15) is 4.79 Å². The average molecular weight is 283 g/mol. The number of likely N-dealkylation sites (N-methyl/N-ethyl adjacent to an activating group) is 1. The van der Waals surface area contributed by atoms with Crippen molar-refractivity contribution in [2.75, 3.05) is 20.1 Å². The molecule has 0 spiro atoms. The summed E-state index contributed by atoms with van der Waals surface area (Å²) in [6.45, 7) is 1.34. The summed E-state index contributed by atoms with van der Waals surface area (Å²) in [5, 5.41) is 3.15. The van der Waals surface area contributed by atoms with Crippen LogP contribution in [0.4, 0.5) is 0 Å². The quantitative estimate of drug-likeness (QED) is 0.890. The molecule has 4 heteroatoms. The fourth-order valence-electron chi connectivity index (χ4n) is 1.91. The molecule has 0 aromatic heterocycles. The number of benzene rings is 1. The van der Waals surface area contributed by atoms with Gasteiger partial charge in [-0.1, -0.05) is 28.1 Å². The Morgan fingerprint density at radius 1 is 1.44 bits per heavy atom. The number of halogens is 1. The number of nitrogens with one attached hydrogen (secondary N) is 1. The molecule has 2 rings (SSSR count). The van der Waals surface area contributed by atoms with Crippen LogP contribution in [0, 0.1) is 0 Å². The van der Waals surface area contributed by atoms with Gasteiger partial charge in [0.15, 0.2) is 0 Å². The Morgan fingerprint density at radius 3 is 2.81 bits per heavy atom. The SMILES string of the molecule is CN1C(=O)CNCC1Cc1ccc(Br)cc1. The molecule has 0 radical (unpaired) electrons. The van der Waals surface area contributed by atoms with E-state index in [1.807, 2.05) is 24.1 Å². The van der Waals surface area contributed by atoms with Crippen molar-refractivity contribution >= 4 is 21.8 Å². The van der Waals surface area contributed by atoms with Crippen LogP contribution in [0.1, 0.15) is 5.56 Å². The second-order valence-corrected chi connectivity index (χ2v) is 5.04. The summed E-state index contributed by atoms with van der Waals surface area (Å²) in [7, 11) is 1.88. The van der Waals surface area contributed by atoms with Crippen LogP contribution in [0.5, 0.6) is 0 Å². The molecule has 1 N–H and O–H groups in total. The van der Waals surface area contributed by atoms with Crippen molar-refractivity contribution in [2.24, 2.45) is 0 Å². The third-order valence-corrected chi connectivity index (χ3v) is 3.51. The largest absolute Gasteiger partial charge is 0.340 e. The fraction of sp³-hybridized carbons (Fsp3) is 0.417. The normalized spacial score (nSPS) is 21.2. The summed E-state index contributed by atoms with van der Waals surface area (Å²) in [4.78, 5) is 13.4. The summed E-state index contributed by atoms with van der Waals surface area (Å²) >= 11 is 3.42. The lowest BCUT2D eigenvalue weighted by molar-refractivity contribution is -0.133. The van der Waals surface area contributed by atoms with Crippen molar-refractivity contribution in [3.63, 3.8) is 0 Å². The molecule has 3 nitrogen and oxygen atoms in total. The second kappa shape index (κ2) is 4.97. The molecule has 1 aromatic rings. The van der Waals surface area contributed by atoms with E-state index in [1.165, 1.54) is 5.56 Å². The highest BCUT2D eigenvalue weighted by molar-refractivity contribution is 9.10. The van der Waals surface area contributed by atoms with E-state index >= 15 is 0 Å². The summed E-state index contributed by atoms with van der Waals surface area (Å²) < 4.78 is 1.09. The van der Waals surface area contributed by atoms with E-state index in [2.05, 4.69) is 33.4 Å². The predicted molar refractivity (Wildman–Crippen MR) is 67.3 cm³/mol. The van der Waals surface area contributed by atoms with Crippen molar-refractivity contribution in [1.82, 2.24) is 10.2 Å². The lowest BCUT2D eigenvalue weighted by Crippen LogP contribution is -2.53. The van der Waals surface area contributed by atoms with Gasteiger partial charge in [-0.2, -0.15) is 0 Å². The van der Waals surface area contributed by atoms with Crippen molar-refractivity contribution < 1.29 is 4.79 Å². The number of hydrogen-bond acceptors (Lipinski definition) is 2. The number of carbonyl (C=O) groups excluding carboxylic acids is 1. The maximum atomic E-state index is 11.5. The van der Waals surface area contributed by atoms with Crippen LogP contribution in [-0.4, -0.2) is 37.0 Å². The van der Waals surface area contributed by atoms with Crippen LogP contribution in [0.25, 0.3) is 0 Å². The third-order valence-electron chi connectivity index (χ3n) is 2.98. The minimum Gasteiger partial charge on any atom is -0.340 e. The monoisotopic (exact) mass is 282 g/mol. The summed E-state index contributed by atoms with van der Waals surface area (Å²) in [6, 6.07) is 8.52. The Balaban J connectivity index is 2.03. The van der Waals surface area contributed by atoms with Crippen LogP contribution in [0.15, 0.2) is 28.7 Å². The molecule has 1 fully saturated rings. The molecule has 1 aliphatic heterocycles. The Kier molecular flexibility index (Phi) is 3.61. The van der Waals surface area contributed by atoms with Gasteiger partial charge in [-0.25, -0.2) is 0 Å². The van der Waals surface area contributed by atoms with Gasteiger partial charge in [-0.15, -0.1) is 0 Å². The van der Waals surface area contributed by atoms with Crippen LogP contribution in [0.2, 0.25) is 0 Å². The highest BCUT2D eigenvalue weighted by atomic mass is 79.9. The predicted octanol–water partition coefficient (Wildman–Crippen LogP) is 1.42. The van der Waals surface area contributed by atoms with Crippen molar-refractivity contribution in [3.8, 4) is 0 Å². The highest BCUT2D eigenvalue weighted by Crippen LogP contribution is 2.14. The average Bonchev–Trinajstić information content (AvgIpc) is 2.28. The molecule has 1 unspecified atom stereocenters. The first-order valence-electron chi connectivity index (χ1n) is 5.37. The molecule has 1 heterocycles. The standard InChI is InChI=1S/C12H15BrN2O/c1-15-11(7-14-8-12(15)16)6-9-2-4-10(13)5-3-9/h2-5,11,14H,6-8H2,1H3. The number of rotatable bonds is 2. The molecule has 0 bridgehead atoms. The number of amides is 1. The smallest absolute Gasteiger partial charge is 0.236 e. The van der Waals surface area contributed by atoms with E-state index in [0.717, 1.165) is 17.4 Å². The van der Waals surface area contributed by atoms with Crippen LogP contribution in [-0.2, 0) is 11.2 Å². The number of nitrogens with zero attached hydrogens (tertiary/aromatic N) is 1. The zero-order valence-corrected chi connectivity index (χ0v) is 10.8. The lowest BCUT2D eigenvalue weighted by atomic mass is 10.0. The van der Waals surface area contributed by atoms with Gasteiger partial charge in [0.2, 0.25) is 5.91 Å². The topological polar surface area (TPSA) is 32.3 Å². The van der Waals surface area contributed by atoms with Crippen molar-refractivity contribution in [2.45, 2.75) is 12.5 Å². The van der Waals surface area contributed by atoms with Crippen molar-refractivity contribution in [1.29, 1.82) is 0 Å². The van der Waals surface area contributed by atoms with Gasteiger partial charge in [-0.05, 0) is 24.1 Å². The molecule has 0 saturated carbocycles. The molecule has 86 valence electrons. The van der Waals surface area contributed by atoms with Gasteiger partial charge >= 0.3 is 0 Å². The Labute approximate surface area is 104 Å². The number of piperazine rings is 1. The van der Waals surface area contributed by atoms with Gasteiger partial charge in [0.1, 0.15) is 0 Å². The molecule has 1 atom stereocenters. The van der Waals surface area contributed by atoms with Gasteiger partial charge in [0.25, 0.3) is 0 Å². The van der Waals surface area contributed by atoms with Crippen LogP contribution < -0.4 is 5.32 Å².